The topological polar surface area (TPSA) is 29.3 Å². The molecule has 0 saturated heterocycles. The summed E-state index contributed by atoms with van der Waals surface area (Å²) in [5, 5.41) is 0. The summed E-state index contributed by atoms with van der Waals surface area (Å²) in [7, 11) is 2.20. The largest absolute Gasteiger partial charge is 0.374 e. The minimum atomic E-state index is 0.632. The average molecular weight is 264 g/mol. The van der Waals surface area contributed by atoms with Gasteiger partial charge in [-0.05, 0) is 36.6 Å². The molecule has 0 spiro atoms. The zero-order valence-electron chi connectivity index (χ0n) is 11.5. The van der Waals surface area contributed by atoms with Crippen molar-refractivity contribution in [2.24, 2.45) is 11.7 Å². The second kappa shape index (κ2) is 6.48. The van der Waals surface area contributed by atoms with Crippen molar-refractivity contribution >= 4 is 17.4 Å². The Balaban J connectivity index is 2.16. The number of nitrogens with two attached hydrogens (primary N) is 1. The van der Waals surface area contributed by atoms with Crippen molar-refractivity contribution < 1.29 is 0 Å². The van der Waals surface area contributed by atoms with Gasteiger partial charge in [-0.15, -0.1) is 11.8 Å². The lowest BCUT2D eigenvalue weighted by atomic mass is 9.85. The van der Waals surface area contributed by atoms with Crippen LogP contribution in [0, 0.1) is 5.92 Å². The molecule has 0 aliphatic heterocycles. The van der Waals surface area contributed by atoms with Gasteiger partial charge in [0.05, 0.1) is 0 Å². The Morgan fingerprint density at radius 2 is 2.17 bits per heavy atom. The molecule has 0 atom stereocenters. The van der Waals surface area contributed by atoms with Gasteiger partial charge in [-0.2, -0.15) is 0 Å². The molecule has 0 amide bonds. The van der Waals surface area contributed by atoms with E-state index in [1.165, 1.54) is 42.0 Å². The highest BCUT2D eigenvalue weighted by molar-refractivity contribution is 7.99. The number of anilines is 1. The van der Waals surface area contributed by atoms with Gasteiger partial charge in [0.25, 0.3) is 0 Å². The normalized spacial score (nSPS) is 15.5. The molecular formula is C15H24N2S. The van der Waals surface area contributed by atoms with Crippen LogP contribution in [0.4, 0.5) is 5.69 Å². The van der Waals surface area contributed by atoms with Crippen LogP contribution >= 0.6 is 11.8 Å². The fourth-order valence-electron chi connectivity index (χ4n) is 2.57. The van der Waals surface area contributed by atoms with E-state index >= 15 is 0 Å². The van der Waals surface area contributed by atoms with E-state index in [2.05, 4.69) is 37.1 Å². The molecule has 2 nitrogen and oxygen atoms in total. The summed E-state index contributed by atoms with van der Waals surface area (Å²) < 4.78 is 0. The molecule has 1 aliphatic carbocycles. The van der Waals surface area contributed by atoms with E-state index in [0.717, 1.165) is 11.7 Å². The Labute approximate surface area is 115 Å². The van der Waals surface area contributed by atoms with Crippen molar-refractivity contribution in [2.45, 2.75) is 37.6 Å². The van der Waals surface area contributed by atoms with Crippen LogP contribution in [0.5, 0.6) is 0 Å². The lowest BCUT2D eigenvalue weighted by molar-refractivity contribution is 0.321. The third-order valence-corrected chi connectivity index (χ3v) is 4.76. The second-order valence-corrected chi connectivity index (χ2v) is 6.37. The molecule has 18 heavy (non-hydrogen) atoms. The average Bonchev–Trinajstić information content (AvgIpc) is 2.33. The van der Waals surface area contributed by atoms with Crippen molar-refractivity contribution in [3.63, 3.8) is 0 Å². The molecule has 0 heterocycles. The number of rotatable bonds is 6. The maximum Gasteiger partial charge on any atom is 0.0420 e. The minimum absolute atomic E-state index is 0.632. The molecule has 2 N–H and O–H groups in total. The fraction of sp³-hybridized carbons (Fsp3) is 0.600. The highest BCUT2D eigenvalue weighted by atomic mass is 32.2. The van der Waals surface area contributed by atoms with Crippen molar-refractivity contribution in [3.8, 4) is 0 Å². The first-order valence-electron chi connectivity index (χ1n) is 6.92. The number of benzene rings is 1. The van der Waals surface area contributed by atoms with Gasteiger partial charge < -0.3 is 10.6 Å². The first-order valence-corrected chi connectivity index (χ1v) is 7.90. The van der Waals surface area contributed by atoms with Crippen molar-refractivity contribution in [1.29, 1.82) is 0 Å². The maximum absolute atomic E-state index is 5.96. The zero-order chi connectivity index (χ0) is 13.0. The Bertz CT molecular complexity index is 388. The van der Waals surface area contributed by atoms with Crippen LogP contribution in [0.15, 0.2) is 23.1 Å². The summed E-state index contributed by atoms with van der Waals surface area (Å²) in [6.45, 7) is 4.00. The third-order valence-electron chi connectivity index (χ3n) is 3.78. The Kier molecular flexibility index (Phi) is 4.95. The van der Waals surface area contributed by atoms with E-state index in [9.17, 15) is 0 Å². The highest BCUT2D eigenvalue weighted by Crippen LogP contribution is 2.33. The van der Waals surface area contributed by atoms with Crippen LogP contribution in [0.2, 0.25) is 0 Å². The van der Waals surface area contributed by atoms with Gasteiger partial charge in [0.1, 0.15) is 0 Å². The van der Waals surface area contributed by atoms with Gasteiger partial charge in [-0.1, -0.05) is 19.4 Å². The van der Waals surface area contributed by atoms with E-state index in [1.807, 2.05) is 11.8 Å². The molecule has 0 radical (unpaired) electrons. The Morgan fingerprint density at radius 1 is 1.39 bits per heavy atom. The van der Waals surface area contributed by atoms with Gasteiger partial charge in [-0.3, -0.25) is 0 Å². The fourth-order valence-corrected chi connectivity index (χ4v) is 3.42. The van der Waals surface area contributed by atoms with Gasteiger partial charge >= 0.3 is 0 Å². The molecule has 2 rings (SSSR count). The molecule has 1 aliphatic rings. The minimum Gasteiger partial charge on any atom is -0.374 e. The van der Waals surface area contributed by atoms with Crippen LogP contribution in [0.25, 0.3) is 0 Å². The van der Waals surface area contributed by atoms with Crippen LogP contribution < -0.4 is 10.6 Å². The monoisotopic (exact) mass is 264 g/mol. The molecule has 0 aromatic heterocycles. The van der Waals surface area contributed by atoms with Crippen LogP contribution in [-0.4, -0.2) is 19.3 Å². The van der Waals surface area contributed by atoms with E-state index in [0.29, 0.717) is 6.54 Å². The molecule has 0 bridgehead atoms. The van der Waals surface area contributed by atoms with Gasteiger partial charge in [0, 0.05) is 36.3 Å². The number of thioether (sulfide) groups is 1. The van der Waals surface area contributed by atoms with E-state index < -0.39 is 0 Å². The highest BCUT2D eigenvalue weighted by Gasteiger charge is 2.20. The van der Waals surface area contributed by atoms with Crippen molar-refractivity contribution in [2.75, 3.05) is 24.2 Å². The summed E-state index contributed by atoms with van der Waals surface area (Å²) in [6.07, 6.45) is 4.20. The molecule has 1 fully saturated rings. The summed E-state index contributed by atoms with van der Waals surface area (Å²) >= 11 is 1.89. The summed E-state index contributed by atoms with van der Waals surface area (Å²) in [4.78, 5) is 3.74. The van der Waals surface area contributed by atoms with Crippen molar-refractivity contribution in [1.82, 2.24) is 0 Å². The molecule has 0 unspecified atom stereocenters. The first kappa shape index (κ1) is 13.8. The Morgan fingerprint density at radius 3 is 2.72 bits per heavy atom. The van der Waals surface area contributed by atoms with Gasteiger partial charge in [-0.25, -0.2) is 0 Å². The smallest absolute Gasteiger partial charge is 0.0420 e. The molecule has 1 aromatic carbocycles. The third kappa shape index (κ3) is 3.01. The quantitative estimate of drug-likeness (QED) is 0.797. The lowest BCUT2D eigenvalue weighted by Gasteiger charge is -2.32. The SMILES string of the molecule is CCSc1cccc(N(C)CC2CCC2)c1CN. The number of hydrogen-bond donors (Lipinski definition) is 1. The molecule has 100 valence electrons. The Hall–Kier alpha value is -0.670. The van der Waals surface area contributed by atoms with Crippen molar-refractivity contribution in [3.05, 3.63) is 23.8 Å². The van der Waals surface area contributed by atoms with Crippen LogP contribution in [0.1, 0.15) is 31.7 Å². The predicted octanol–water partition coefficient (Wildman–Crippen LogP) is 3.49. The predicted molar refractivity (Wildman–Crippen MR) is 81.3 cm³/mol. The van der Waals surface area contributed by atoms with Gasteiger partial charge in [0.15, 0.2) is 0 Å². The second-order valence-electron chi connectivity index (χ2n) is 5.07. The molecule has 1 aromatic rings. The molecule has 1 saturated carbocycles. The summed E-state index contributed by atoms with van der Waals surface area (Å²) in [5.41, 5.74) is 8.59. The van der Waals surface area contributed by atoms with E-state index in [1.54, 1.807) is 0 Å². The lowest BCUT2D eigenvalue weighted by Crippen LogP contribution is -2.30. The van der Waals surface area contributed by atoms with Crippen LogP contribution in [-0.2, 0) is 6.54 Å². The summed E-state index contributed by atoms with van der Waals surface area (Å²) in [5.74, 6) is 1.99. The maximum atomic E-state index is 5.96. The number of hydrogen-bond acceptors (Lipinski definition) is 3. The zero-order valence-corrected chi connectivity index (χ0v) is 12.3. The van der Waals surface area contributed by atoms with E-state index in [4.69, 9.17) is 5.73 Å². The van der Waals surface area contributed by atoms with Gasteiger partial charge in [0.2, 0.25) is 0 Å². The first-order chi connectivity index (χ1) is 8.76. The van der Waals surface area contributed by atoms with E-state index in [-0.39, 0.29) is 0 Å². The molecular weight excluding hydrogens is 240 g/mol. The number of nitrogens with zero attached hydrogens (tertiary/aromatic N) is 1. The standard InChI is InChI=1S/C15H24N2S/c1-3-18-15-9-5-8-14(13(15)10-16)17(2)11-12-6-4-7-12/h5,8-9,12H,3-4,6-7,10-11,16H2,1-2H3. The summed E-state index contributed by atoms with van der Waals surface area (Å²) in [6, 6.07) is 6.56. The van der Waals surface area contributed by atoms with Crippen LogP contribution in [0.3, 0.4) is 0 Å². The molecule has 3 heteroatoms.